The molecule has 1 aromatic rings. The number of nitrogens with zero attached hydrogens (tertiary/aromatic N) is 1. The number of hydrogen-bond acceptors (Lipinski definition) is 7. The van der Waals surface area contributed by atoms with Gasteiger partial charge in [-0.3, -0.25) is 27.9 Å². The molecule has 1 N–H and O–H groups in total. The zero-order valence-electron chi connectivity index (χ0n) is 12.6. The largest absolute Gasteiger partial charge is 0.475 e. The van der Waals surface area contributed by atoms with Crippen LogP contribution in [-0.2, 0) is 22.9 Å². The molecule has 3 fully saturated rings. The van der Waals surface area contributed by atoms with E-state index in [9.17, 15) is 18.5 Å². The highest BCUT2D eigenvalue weighted by atomic mass is 31.2. The molecule has 0 aromatic carbocycles. The average molecular weight is 362 g/mol. The highest BCUT2D eigenvalue weighted by molar-refractivity contribution is 7.48. The fraction of sp³-hybridized carbons (Fsp3) is 0.692. The summed E-state index contributed by atoms with van der Waals surface area (Å²) in [6, 6.07) is 0. The van der Waals surface area contributed by atoms with Crippen LogP contribution in [0.4, 0.5) is 4.39 Å². The molecule has 0 bridgehead atoms. The number of ether oxygens (including phenoxy) is 1. The van der Waals surface area contributed by atoms with E-state index >= 15 is 0 Å². The molecule has 0 amide bonds. The van der Waals surface area contributed by atoms with Gasteiger partial charge >= 0.3 is 13.5 Å². The molecule has 3 heterocycles. The van der Waals surface area contributed by atoms with Crippen LogP contribution >= 0.6 is 7.82 Å². The van der Waals surface area contributed by atoms with Gasteiger partial charge in [0.2, 0.25) is 5.82 Å². The monoisotopic (exact) mass is 362 g/mol. The summed E-state index contributed by atoms with van der Waals surface area (Å²) in [5.41, 5.74) is -1.89. The van der Waals surface area contributed by atoms with Gasteiger partial charge in [0, 0.05) is 6.42 Å². The van der Waals surface area contributed by atoms with Crippen LogP contribution in [0.2, 0.25) is 0 Å². The van der Waals surface area contributed by atoms with Crippen LogP contribution in [0.25, 0.3) is 0 Å². The molecule has 0 radical (unpaired) electrons. The molecule has 11 heteroatoms. The lowest BCUT2D eigenvalue weighted by molar-refractivity contribution is -0.0727. The Balaban J connectivity index is 1.48. The van der Waals surface area contributed by atoms with Gasteiger partial charge in [0.15, 0.2) is 0 Å². The molecule has 1 saturated carbocycles. The van der Waals surface area contributed by atoms with Gasteiger partial charge in [-0.1, -0.05) is 0 Å². The molecule has 4 rings (SSSR count). The van der Waals surface area contributed by atoms with Crippen molar-refractivity contribution in [3.63, 3.8) is 0 Å². The predicted molar refractivity (Wildman–Crippen MR) is 76.9 cm³/mol. The van der Waals surface area contributed by atoms with E-state index in [-0.39, 0.29) is 13.0 Å². The van der Waals surface area contributed by atoms with Crippen LogP contribution in [-0.4, -0.2) is 35.0 Å². The van der Waals surface area contributed by atoms with E-state index in [0.29, 0.717) is 12.5 Å². The van der Waals surface area contributed by atoms with Gasteiger partial charge in [0.05, 0.1) is 19.4 Å². The molecule has 0 spiro atoms. The Bertz CT molecular complexity index is 804. The number of fused-ring (bicyclic) bond motifs is 1. The van der Waals surface area contributed by atoms with Crippen LogP contribution in [0.15, 0.2) is 15.8 Å². The lowest BCUT2D eigenvalue weighted by atomic mass is 10.2. The van der Waals surface area contributed by atoms with Gasteiger partial charge in [0.1, 0.15) is 18.4 Å². The molecular weight excluding hydrogens is 346 g/mol. The Morgan fingerprint density at radius 2 is 2.17 bits per heavy atom. The number of hydrogen-bond donors (Lipinski definition) is 1. The molecule has 2 aliphatic heterocycles. The molecule has 24 heavy (non-hydrogen) atoms. The van der Waals surface area contributed by atoms with Crippen molar-refractivity contribution in [2.45, 2.75) is 37.7 Å². The number of halogens is 1. The van der Waals surface area contributed by atoms with Gasteiger partial charge in [-0.2, -0.15) is 4.39 Å². The van der Waals surface area contributed by atoms with Crippen molar-refractivity contribution in [2.75, 3.05) is 13.2 Å². The van der Waals surface area contributed by atoms with E-state index in [0.717, 1.165) is 23.6 Å². The van der Waals surface area contributed by atoms with Crippen LogP contribution in [0.3, 0.4) is 0 Å². The van der Waals surface area contributed by atoms with Crippen LogP contribution in [0.5, 0.6) is 0 Å². The topological polar surface area (TPSA) is 109 Å². The standard InChI is InChI=1S/C13H16FN2O7P/c14-8-4-16(13(18)15-12(8)17)11-3-9-10(22-11)6-21-24(19,23-9)20-5-7-1-2-7/h4,7,9-11H,1-3,5-6H2,(H,15,17,18)/t9-,10+,11+,24?/m0/s1. The fourth-order valence-corrected chi connectivity index (χ4v) is 4.19. The summed E-state index contributed by atoms with van der Waals surface area (Å²) in [6.07, 6.45) is 1.02. The molecule has 132 valence electrons. The van der Waals surface area contributed by atoms with E-state index < -0.39 is 43.3 Å². The lowest BCUT2D eigenvalue weighted by Gasteiger charge is -2.29. The van der Waals surface area contributed by atoms with Crippen molar-refractivity contribution in [1.82, 2.24) is 9.55 Å². The van der Waals surface area contributed by atoms with Crippen molar-refractivity contribution in [3.05, 3.63) is 32.9 Å². The molecule has 9 nitrogen and oxygen atoms in total. The summed E-state index contributed by atoms with van der Waals surface area (Å²) >= 11 is 0. The van der Waals surface area contributed by atoms with Crippen molar-refractivity contribution in [2.24, 2.45) is 5.92 Å². The third-order valence-corrected chi connectivity index (χ3v) is 5.70. The molecule has 1 aromatic heterocycles. The molecule has 2 saturated heterocycles. The Kier molecular flexibility index (Phi) is 3.97. The van der Waals surface area contributed by atoms with E-state index in [4.69, 9.17) is 18.3 Å². The minimum absolute atomic E-state index is 0.0102. The van der Waals surface area contributed by atoms with E-state index in [1.54, 1.807) is 0 Å². The first-order valence-electron chi connectivity index (χ1n) is 7.67. The van der Waals surface area contributed by atoms with E-state index in [2.05, 4.69) is 0 Å². The molecular formula is C13H16FN2O7P. The van der Waals surface area contributed by atoms with Crippen molar-refractivity contribution < 1.29 is 27.3 Å². The minimum Gasteiger partial charge on any atom is -0.349 e. The van der Waals surface area contributed by atoms with Gasteiger partial charge < -0.3 is 4.74 Å². The second kappa shape index (κ2) is 5.89. The number of aromatic amines is 1. The summed E-state index contributed by atoms with van der Waals surface area (Å²) in [5.74, 6) is -0.695. The SMILES string of the molecule is O=c1[nH]c(=O)n([C@H]2C[C@@H]3OP(=O)(OCC4CC4)OC[C@H]3O2)cc1F. The third kappa shape index (κ3) is 3.12. The third-order valence-electron chi connectivity index (χ3n) is 4.24. The molecule has 4 atom stereocenters. The number of nitrogens with one attached hydrogen (secondary N) is 1. The quantitative estimate of drug-likeness (QED) is 0.793. The van der Waals surface area contributed by atoms with Gasteiger partial charge in [-0.25, -0.2) is 9.36 Å². The molecule has 1 aliphatic carbocycles. The van der Waals surface area contributed by atoms with E-state index in [1.165, 1.54) is 0 Å². The highest BCUT2D eigenvalue weighted by Crippen LogP contribution is 2.57. The Morgan fingerprint density at radius 1 is 1.38 bits per heavy atom. The number of phosphoric acid groups is 1. The zero-order chi connectivity index (χ0) is 16.9. The summed E-state index contributed by atoms with van der Waals surface area (Å²) in [6.45, 7) is 0.313. The van der Waals surface area contributed by atoms with Crippen molar-refractivity contribution in [1.29, 1.82) is 0 Å². The lowest BCUT2D eigenvalue weighted by Crippen LogP contribution is -2.34. The van der Waals surface area contributed by atoms with Crippen LogP contribution < -0.4 is 11.2 Å². The predicted octanol–water partition coefficient (Wildman–Crippen LogP) is 0.913. The maximum absolute atomic E-state index is 13.4. The second-order valence-corrected chi connectivity index (χ2v) is 7.76. The Hall–Kier alpha value is -1.32. The number of phosphoric ester groups is 1. The average Bonchev–Trinajstić information content (AvgIpc) is 3.28. The second-order valence-electron chi connectivity index (χ2n) is 6.13. The van der Waals surface area contributed by atoms with Crippen molar-refractivity contribution in [3.8, 4) is 0 Å². The summed E-state index contributed by atoms with van der Waals surface area (Å²) < 4.78 is 48.3. The first kappa shape index (κ1) is 16.2. The zero-order valence-corrected chi connectivity index (χ0v) is 13.4. The van der Waals surface area contributed by atoms with E-state index in [1.807, 2.05) is 4.98 Å². The van der Waals surface area contributed by atoms with Gasteiger partial charge in [0.25, 0.3) is 5.56 Å². The van der Waals surface area contributed by atoms with Gasteiger partial charge in [-0.15, -0.1) is 0 Å². The van der Waals surface area contributed by atoms with Crippen LogP contribution in [0, 0.1) is 11.7 Å². The first-order valence-corrected chi connectivity index (χ1v) is 9.13. The van der Waals surface area contributed by atoms with Crippen LogP contribution in [0.1, 0.15) is 25.5 Å². The maximum Gasteiger partial charge on any atom is 0.475 e. The maximum atomic E-state index is 13.4. The summed E-state index contributed by atoms with van der Waals surface area (Å²) in [5, 5.41) is 0. The Morgan fingerprint density at radius 3 is 2.92 bits per heavy atom. The van der Waals surface area contributed by atoms with Crippen molar-refractivity contribution >= 4 is 7.82 Å². The number of aromatic nitrogens is 2. The number of H-pyrrole nitrogens is 1. The normalized spacial score (nSPS) is 35.8. The highest BCUT2D eigenvalue weighted by Gasteiger charge is 2.48. The Labute approximate surface area is 135 Å². The summed E-state index contributed by atoms with van der Waals surface area (Å²) in [7, 11) is -3.64. The smallest absolute Gasteiger partial charge is 0.349 e. The molecule has 3 aliphatic rings. The number of rotatable bonds is 4. The summed E-state index contributed by atoms with van der Waals surface area (Å²) in [4.78, 5) is 24.8. The molecule has 1 unspecified atom stereocenters. The fourth-order valence-electron chi connectivity index (χ4n) is 2.72. The van der Waals surface area contributed by atoms with Gasteiger partial charge in [-0.05, 0) is 18.8 Å². The first-order chi connectivity index (χ1) is 11.4. The minimum atomic E-state index is -3.64.